The maximum atomic E-state index is 6.05. The van der Waals surface area contributed by atoms with Gasteiger partial charge in [-0.3, -0.25) is 0 Å². The highest BCUT2D eigenvalue weighted by Crippen LogP contribution is 2.39. The molecule has 0 aliphatic rings. The Morgan fingerprint density at radius 2 is 2.00 bits per heavy atom. The minimum absolute atomic E-state index is 0.0841. The van der Waals surface area contributed by atoms with Gasteiger partial charge < -0.3 is 4.74 Å². The van der Waals surface area contributed by atoms with E-state index in [1.807, 2.05) is 0 Å². The summed E-state index contributed by atoms with van der Waals surface area (Å²) in [6.07, 6.45) is 1.65. The molecule has 0 unspecified atom stereocenters. The molecule has 78 valence electrons. The molecule has 0 saturated heterocycles. The van der Waals surface area contributed by atoms with Crippen LogP contribution in [0.15, 0.2) is 10.7 Å². The molecule has 0 radical (unpaired) electrons. The van der Waals surface area contributed by atoms with Crippen molar-refractivity contribution in [3.63, 3.8) is 0 Å². The predicted octanol–water partition coefficient (Wildman–Crippen LogP) is 3.80. The Morgan fingerprint density at radius 1 is 1.43 bits per heavy atom. The van der Waals surface area contributed by atoms with Gasteiger partial charge in [0.25, 0.3) is 0 Å². The summed E-state index contributed by atoms with van der Waals surface area (Å²) >= 11 is 9.44. The number of hydrogen-bond acceptors (Lipinski definition) is 2. The molecule has 14 heavy (non-hydrogen) atoms. The molecule has 0 bridgehead atoms. The van der Waals surface area contributed by atoms with E-state index < -0.39 is 0 Å². The van der Waals surface area contributed by atoms with Crippen LogP contribution < -0.4 is 4.74 Å². The van der Waals surface area contributed by atoms with Crippen molar-refractivity contribution in [1.29, 1.82) is 0 Å². The van der Waals surface area contributed by atoms with Crippen LogP contribution in [-0.2, 0) is 5.41 Å². The second-order valence-electron chi connectivity index (χ2n) is 4.06. The Morgan fingerprint density at radius 3 is 2.36 bits per heavy atom. The summed E-state index contributed by atoms with van der Waals surface area (Å²) in [4.78, 5) is 4.09. The molecule has 0 amide bonds. The van der Waals surface area contributed by atoms with E-state index in [1.165, 1.54) is 0 Å². The van der Waals surface area contributed by atoms with Crippen LogP contribution in [-0.4, -0.2) is 12.1 Å². The van der Waals surface area contributed by atoms with Gasteiger partial charge in [-0.05, 0) is 21.3 Å². The average molecular weight is 279 g/mol. The Bertz CT molecular complexity index is 347. The van der Waals surface area contributed by atoms with Crippen molar-refractivity contribution in [3.8, 4) is 5.75 Å². The van der Waals surface area contributed by atoms with Crippen LogP contribution in [0.1, 0.15) is 26.3 Å². The van der Waals surface area contributed by atoms with Crippen molar-refractivity contribution in [2.45, 2.75) is 26.2 Å². The molecule has 0 saturated carbocycles. The molecule has 4 heteroatoms. The van der Waals surface area contributed by atoms with Gasteiger partial charge in [0.15, 0.2) is 0 Å². The molecule has 0 fully saturated rings. The van der Waals surface area contributed by atoms with Crippen molar-refractivity contribution < 1.29 is 4.74 Å². The van der Waals surface area contributed by atoms with Crippen LogP contribution in [0.4, 0.5) is 0 Å². The van der Waals surface area contributed by atoms with Crippen LogP contribution in [0, 0.1) is 0 Å². The monoisotopic (exact) mass is 277 g/mol. The first-order chi connectivity index (χ1) is 6.38. The average Bonchev–Trinajstić information content (AvgIpc) is 2.06. The fourth-order valence-corrected chi connectivity index (χ4v) is 2.18. The van der Waals surface area contributed by atoms with Crippen LogP contribution in [0.5, 0.6) is 5.75 Å². The summed E-state index contributed by atoms with van der Waals surface area (Å²) in [5.41, 5.74) is 0.843. The molecule has 0 aromatic carbocycles. The standard InChI is InChI=1S/C10H13BrClNO/c1-10(2,3)7-8(14-4)6(11)5-13-9(7)12/h5H,1-4H3. The third-order valence-electron chi connectivity index (χ3n) is 1.90. The van der Waals surface area contributed by atoms with Gasteiger partial charge in [0.05, 0.1) is 11.6 Å². The largest absolute Gasteiger partial charge is 0.495 e. The van der Waals surface area contributed by atoms with Gasteiger partial charge in [-0.1, -0.05) is 32.4 Å². The molecule has 0 N–H and O–H groups in total. The highest BCUT2D eigenvalue weighted by atomic mass is 79.9. The Hall–Kier alpha value is -0.280. The maximum absolute atomic E-state index is 6.05. The minimum atomic E-state index is -0.0841. The van der Waals surface area contributed by atoms with Gasteiger partial charge in [-0.25, -0.2) is 4.98 Å². The third-order valence-corrected chi connectivity index (χ3v) is 2.75. The molecule has 0 aliphatic heterocycles. The van der Waals surface area contributed by atoms with Gasteiger partial charge >= 0.3 is 0 Å². The zero-order valence-corrected chi connectivity index (χ0v) is 11.0. The second kappa shape index (κ2) is 4.07. The number of aromatic nitrogens is 1. The number of nitrogens with zero attached hydrogens (tertiary/aromatic N) is 1. The van der Waals surface area contributed by atoms with Crippen molar-refractivity contribution in [3.05, 3.63) is 21.4 Å². The quantitative estimate of drug-likeness (QED) is 0.729. The molecule has 1 rings (SSSR count). The topological polar surface area (TPSA) is 22.1 Å². The first kappa shape index (κ1) is 11.8. The van der Waals surface area contributed by atoms with Crippen LogP contribution in [0.3, 0.4) is 0 Å². The number of rotatable bonds is 1. The lowest BCUT2D eigenvalue weighted by Gasteiger charge is -2.23. The van der Waals surface area contributed by atoms with E-state index in [9.17, 15) is 0 Å². The predicted molar refractivity (Wildman–Crippen MR) is 62.2 cm³/mol. The van der Waals surface area contributed by atoms with E-state index in [-0.39, 0.29) is 5.41 Å². The Labute approximate surface area is 97.8 Å². The lowest BCUT2D eigenvalue weighted by molar-refractivity contribution is 0.394. The summed E-state index contributed by atoms with van der Waals surface area (Å²) in [7, 11) is 1.63. The van der Waals surface area contributed by atoms with Crippen LogP contribution >= 0.6 is 27.5 Å². The minimum Gasteiger partial charge on any atom is -0.495 e. The number of halogens is 2. The van der Waals surface area contributed by atoms with E-state index in [0.717, 1.165) is 15.8 Å². The maximum Gasteiger partial charge on any atom is 0.141 e. The van der Waals surface area contributed by atoms with E-state index in [4.69, 9.17) is 16.3 Å². The lowest BCUT2D eigenvalue weighted by atomic mass is 9.87. The number of methoxy groups -OCH3 is 1. The molecule has 2 nitrogen and oxygen atoms in total. The second-order valence-corrected chi connectivity index (χ2v) is 5.27. The summed E-state index contributed by atoms with van der Waals surface area (Å²) in [6, 6.07) is 0. The van der Waals surface area contributed by atoms with Gasteiger partial charge in [0.2, 0.25) is 0 Å². The van der Waals surface area contributed by atoms with Crippen LogP contribution in [0.2, 0.25) is 5.15 Å². The summed E-state index contributed by atoms with van der Waals surface area (Å²) in [5.74, 6) is 0.762. The first-order valence-corrected chi connectivity index (χ1v) is 5.43. The number of pyridine rings is 1. The molecular weight excluding hydrogens is 265 g/mol. The fourth-order valence-electron chi connectivity index (χ4n) is 1.30. The highest BCUT2D eigenvalue weighted by molar-refractivity contribution is 9.10. The zero-order chi connectivity index (χ0) is 10.9. The van der Waals surface area contributed by atoms with Crippen LogP contribution in [0.25, 0.3) is 0 Å². The highest BCUT2D eigenvalue weighted by Gasteiger charge is 2.24. The molecule has 1 heterocycles. The molecule has 0 atom stereocenters. The van der Waals surface area contributed by atoms with Crippen molar-refractivity contribution in [1.82, 2.24) is 4.98 Å². The molecule has 0 aliphatic carbocycles. The SMILES string of the molecule is COc1c(Br)cnc(Cl)c1C(C)(C)C. The summed E-state index contributed by atoms with van der Waals surface area (Å²) < 4.78 is 6.14. The van der Waals surface area contributed by atoms with Gasteiger partial charge in [0, 0.05) is 11.8 Å². The molecular formula is C10H13BrClNO. The van der Waals surface area contributed by atoms with Crippen molar-refractivity contribution >= 4 is 27.5 Å². The zero-order valence-electron chi connectivity index (χ0n) is 8.69. The normalized spacial score (nSPS) is 11.6. The van der Waals surface area contributed by atoms with E-state index in [0.29, 0.717) is 5.15 Å². The number of hydrogen-bond donors (Lipinski definition) is 0. The number of ether oxygens (including phenoxy) is 1. The first-order valence-electron chi connectivity index (χ1n) is 4.26. The smallest absolute Gasteiger partial charge is 0.141 e. The Kier molecular flexibility index (Phi) is 3.43. The van der Waals surface area contributed by atoms with E-state index in [2.05, 4.69) is 41.7 Å². The summed E-state index contributed by atoms with van der Waals surface area (Å²) in [5, 5.41) is 0.498. The Balaban J connectivity index is 3.46. The fraction of sp³-hybridized carbons (Fsp3) is 0.500. The third kappa shape index (κ3) is 2.20. The van der Waals surface area contributed by atoms with Gasteiger partial charge in [0.1, 0.15) is 10.9 Å². The lowest BCUT2D eigenvalue weighted by Crippen LogP contribution is -2.14. The summed E-state index contributed by atoms with van der Waals surface area (Å²) in [6.45, 7) is 6.22. The van der Waals surface area contributed by atoms with Crippen molar-refractivity contribution in [2.24, 2.45) is 0 Å². The molecule has 1 aromatic rings. The molecule has 1 aromatic heterocycles. The van der Waals surface area contributed by atoms with Gasteiger partial charge in [-0.2, -0.15) is 0 Å². The van der Waals surface area contributed by atoms with Crippen molar-refractivity contribution in [2.75, 3.05) is 7.11 Å². The van der Waals surface area contributed by atoms with Gasteiger partial charge in [-0.15, -0.1) is 0 Å². The molecule has 0 spiro atoms. The van der Waals surface area contributed by atoms with E-state index in [1.54, 1.807) is 13.3 Å². The van der Waals surface area contributed by atoms with E-state index >= 15 is 0 Å².